The van der Waals surface area contributed by atoms with Crippen molar-refractivity contribution in [3.8, 4) is 0 Å². The largest absolute Gasteiger partial charge is 0.462 e. The number of nitrogens with two attached hydrogens (primary N) is 1. The van der Waals surface area contributed by atoms with Gasteiger partial charge in [-0.25, -0.2) is 15.4 Å². The molecule has 228 valence electrons. The van der Waals surface area contributed by atoms with E-state index < -0.39 is 46.1 Å². The number of carbonyl (C=O) groups excluding carboxylic acids is 3. The van der Waals surface area contributed by atoms with Crippen molar-refractivity contribution in [3.05, 3.63) is 82.5 Å². The third kappa shape index (κ3) is 6.59. The van der Waals surface area contributed by atoms with E-state index in [4.69, 9.17) is 14.5 Å². The minimum Gasteiger partial charge on any atom is -0.462 e. The standard InChI is InChI=1S/C28H32N6O8S/c1-16-11-13-17(14-12-16)24-23(25(35)32-41-15-22-30-26(42-31-22)28(37)40-2)18-7-3-4-8-19(18)27(36)34(24)21-10-6-5-9-20(21)33-43(29,38)39/h3-4,7-8,11-14,20-21,23-24,33H,5-6,9-10,15H2,1-2H3,(H,32,35)(H2,29,38,39)/t20-,21-,23+,24-/m0/s1. The highest BCUT2D eigenvalue weighted by Gasteiger charge is 2.49. The third-order valence-corrected chi connectivity index (χ3v) is 8.31. The molecule has 2 amide bonds. The Morgan fingerprint density at radius 3 is 2.56 bits per heavy atom. The van der Waals surface area contributed by atoms with Crippen molar-refractivity contribution < 1.29 is 36.9 Å². The molecular formula is C28H32N6O8S. The van der Waals surface area contributed by atoms with E-state index in [0.29, 0.717) is 29.5 Å². The number of nitrogens with one attached hydrogen (secondary N) is 2. The first-order valence-electron chi connectivity index (χ1n) is 13.7. The van der Waals surface area contributed by atoms with Crippen LogP contribution < -0.4 is 15.3 Å². The Hall–Kier alpha value is -4.18. The maximum Gasteiger partial charge on any atom is 0.397 e. The number of nitrogens with zero attached hydrogens (tertiary/aromatic N) is 3. The number of esters is 1. The van der Waals surface area contributed by atoms with Crippen molar-refractivity contribution >= 4 is 28.0 Å². The molecule has 1 fully saturated rings. The smallest absolute Gasteiger partial charge is 0.397 e. The molecule has 0 radical (unpaired) electrons. The molecule has 1 aromatic heterocycles. The van der Waals surface area contributed by atoms with Gasteiger partial charge in [0, 0.05) is 17.6 Å². The highest BCUT2D eigenvalue weighted by atomic mass is 32.2. The van der Waals surface area contributed by atoms with Crippen molar-refractivity contribution in [1.82, 2.24) is 25.2 Å². The summed E-state index contributed by atoms with van der Waals surface area (Å²) in [5, 5.41) is 9.01. The average molecular weight is 613 g/mol. The first-order valence-corrected chi connectivity index (χ1v) is 15.2. The summed E-state index contributed by atoms with van der Waals surface area (Å²) in [7, 11) is -2.90. The van der Waals surface area contributed by atoms with Gasteiger partial charge in [0.25, 0.3) is 22.0 Å². The number of carbonyl (C=O) groups is 3. The fraction of sp³-hybridized carbons (Fsp3) is 0.393. The van der Waals surface area contributed by atoms with Crippen LogP contribution in [0.15, 0.2) is 53.1 Å². The van der Waals surface area contributed by atoms with Gasteiger partial charge in [0.2, 0.25) is 5.82 Å². The lowest BCUT2D eigenvalue weighted by molar-refractivity contribution is -0.138. The lowest BCUT2D eigenvalue weighted by Crippen LogP contribution is -2.59. The molecule has 14 nitrogen and oxygen atoms in total. The first kappa shape index (κ1) is 30.3. The van der Waals surface area contributed by atoms with Crippen LogP contribution >= 0.6 is 0 Å². The van der Waals surface area contributed by atoms with Crippen LogP contribution in [0.25, 0.3) is 0 Å². The van der Waals surface area contributed by atoms with Gasteiger partial charge in [0.15, 0.2) is 0 Å². The minimum absolute atomic E-state index is 0.00394. The van der Waals surface area contributed by atoms with Gasteiger partial charge in [-0.1, -0.05) is 66.0 Å². The van der Waals surface area contributed by atoms with E-state index in [2.05, 4.69) is 25.1 Å². The number of benzene rings is 2. The van der Waals surface area contributed by atoms with Gasteiger partial charge in [-0.15, -0.1) is 0 Å². The molecule has 15 heteroatoms. The molecule has 4 N–H and O–H groups in total. The van der Waals surface area contributed by atoms with Gasteiger partial charge in [0.1, 0.15) is 6.61 Å². The van der Waals surface area contributed by atoms with Crippen molar-refractivity contribution in [2.24, 2.45) is 5.14 Å². The predicted octanol–water partition coefficient (Wildman–Crippen LogP) is 1.80. The van der Waals surface area contributed by atoms with E-state index in [1.54, 1.807) is 29.2 Å². The second kappa shape index (κ2) is 12.6. The van der Waals surface area contributed by atoms with Gasteiger partial charge in [-0.2, -0.15) is 18.1 Å². The second-order valence-electron chi connectivity index (χ2n) is 10.5. The number of hydrogen-bond acceptors (Lipinski definition) is 10. The Morgan fingerprint density at radius 1 is 1.12 bits per heavy atom. The van der Waals surface area contributed by atoms with Gasteiger partial charge >= 0.3 is 11.9 Å². The number of rotatable bonds is 9. The van der Waals surface area contributed by atoms with Gasteiger partial charge in [-0.05, 0) is 37.0 Å². The average Bonchev–Trinajstić information content (AvgIpc) is 3.46. The molecule has 4 atom stereocenters. The van der Waals surface area contributed by atoms with E-state index in [1.807, 2.05) is 31.2 Å². The number of hydroxylamine groups is 1. The summed E-state index contributed by atoms with van der Waals surface area (Å²) in [6.07, 6.45) is 2.50. The fourth-order valence-electron chi connectivity index (χ4n) is 5.83. The normalized spacial score (nSPS) is 22.1. The molecule has 0 bridgehead atoms. The Balaban J connectivity index is 1.52. The number of amides is 2. The Bertz CT molecular complexity index is 1610. The molecule has 0 spiro atoms. The topological polar surface area (TPSA) is 196 Å². The molecule has 3 aromatic rings. The summed E-state index contributed by atoms with van der Waals surface area (Å²) >= 11 is 0. The Kier molecular flexibility index (Phi) is 8.87. The van der Waals surface area contributed by atoms with Gasteiger partial charge in [0.05, 0.1) is 19.1 Å². The van der Waals surface area contributed by atoms with Crippen molar-refractivity contribution in [2.45, 2.75) is 63.3 Å². The molecular weight excluding hydrogens is 580 g/mol. The van der Waals surface area contributed by atoms with E-state index in [9.17, 15) is 22.8 Å². The van der Waals surface area contributed by atoms with Crippen LogP contribution in [0, 0.1) is 6.92 Å². The van der Waals surface area contributed by atoms with Crippen molar-refractivity contribution in [1.29, 1.82) is 0 Å². The Morgan fingerprint density at radius 2 is 1.84 bits per heavy atom. The number of hydrogen-bond donors (Lipinski definition) is 3. The summed E-state index contributed by atoms with van der Waals surface area (Å²) < 4.78 is 36.1. The maximum atomic E-state index is 14.2. The van der Waals surface area contributed by atoms with Crippen LogP contribution in [0.3, 0.4) is 0 Å². The number of methoxy groups -OCH3 is 1. The zero-order valence-corrected chi connectivity index (χ0v) is 24.4. The summed E-state index contributed by atoms with van der Waals surface area (Å²) in [5.74, 6) is -3.00. The fourth-order valence-corrected chi connectivity index (χ4v) is 6.52. The van der Waals surface area contributed by atoms with Crippen LogP contribution in [0.5, 0.6) is 0 Å². The maximum absolute atomic E-state index is 14.2. The molecule has 5 rings (SSSR count). The SMILES string of the molecule is COC(=O)c1nc(CONC(=O)[C@@H]2c3ccccc3C(=O)N([C@H]3CCCC[C@@H]3NS(N)(=O)=O)[C@H]2c2ccc(C)cc2)no1. The number of fused-ring (bicyclic) bond motifs is 1. The molecule has 1 aliphatic carbocycles. The van der Waals surface area contributed by atoms with E-state index in [0.717, 1.165) is 18.4 Å². The van der Waals surface area contributed by atoms with Gasteiger partial charge < -0.3 is 14.2 Å². The molecule has 1 aliphatic heterocycles. The van der Waals surface area contributed by atoms with Crippen LogP contribution in [-0.4, -0.2) is 60.4 Å². The first-order chi connectivity index (χ1) is 20.6. The Labute approximate surface area is 248 Å². The van der Waals surface area contributed by atoms with Crippen molar-refractivity contribution in [2.75, 3.05) is 7.11 Å². The molecule has 0 unspecified atom stereocenters. The summed E-state index contributed by atoms with van der Waals surface area (Å²) in [4.78, 5) is 50.7. The third-order valence-electron chi connectivity index (χ3n) is 7.68. The molecule has 2 heterocycles. The number of aromatic nitrogens is 2. The van der Waals surface area contributed by atoms with E-state index in [1.165, 1.54) is 7.11 Å². The van der Waals surface area contributed by atoms with Crippen LogP contribution in [0.2, 0.25) is 0 Å². The molecule has 43 heavy (non-hydrogen) atoms. The quantitative estimate of drug-likeness (QED) is 0.237. The van der Waals surface area contributed by atoms with Crippen LogP contribution in [-0.2, 0) is 31.2 Å². The molecule has 0 saturated heterocycles. The zero-order valence-electron chi connectivity index (χ0n) is 23.6. The molecule has 1 saturated carbocycles. The molecule has 2 aromatic carbocycles. The number of aryl methyl sites for hydroxylation is 1. The van der Waals surface area contributed by atoms with E-state index in [-0.39, 0.29) is 24.2 Å². The minimum atomic E-state index is -4.07. The van der Waals surface area contributed by atoms with Crippen LogP contribution in [0.4, 0.5) is 0 Å². The zero-order chi connectivity index (χ0) is 30.7. The lowest BCUT2D eigenvalue weighted by Gasteiger charge is -2.49. The highest BCUT2D eigenvalue weighted by Crippen LogP contribution is 2.46. The lowest BCUT2D eigenvalue weighted by atomic mass is 9.76. The molecule has 2 aliphatic rings. The summed E-state index contributed by atoms with van der Waals surface area (Å²) in [6.45, 7) is 1.61. The monoisotopic (exact) mass is 612 g/mol. The van der Waals surface area contributed by atoms with Crippen molar-refractivity contribution in [3.63, 3.8) is 0 Å². The number of ether oxygens (including phenoxy) is 1. The van der Waals surface area contributed by atoms with Gasteiger partial charge in [-0.3, -0.25) is 14.4 Å². The summed E-state index contributed by atoms with van der Waals surface area (Å²) in [6, 6.07) is 12.3. The predicted molar refractivity (Wildman–Crippen MR) is 150 cm³/mol. The second-order valence-corrected chi connectivity index (χ2v) is 11.8. The van der Waals surface area contributed by atoms with Crippen LogP contribution in [0.1, 0.15) is 81.2 Å². The highest BCUT2D eigenvalue weighted by molar-refractivity contribution is 7.87. The van der Waals surface area contributed by atoms with E-state index >= 15 is 0 Å². The summed E-state index contributed by atoms with van der Waals surface area (Å²) in [5.41, 5.74) is 4.94.